The number of rotatable bonds is 2. The summed E-state index contributed by atoms with van der Waals surface area (Å²) >= 11 is 0. The zero-order valence-corrected chi connectivity index (χ0v) is 16.9. The number of pyridine rings is 1. The molecule has 0 aliphatic carbocycles. The lowest BCUT2D eigenvalue weighted by Gasteiger charge is -2.22. The third kappa shape index (κ3) is 3.32. The average Bonchev–Trinajstić information content (AvgIpc) is 3.06. The van der Waals surface area contributed by atoms with E-state index in [4.69, 9.17) is 5.26 Å². The minimum Gasteiger partial charge on any atom is -0.493 e. The molecule has 32 heavy (non-hydrogen) atoms. The molecule has 2 aromatic carbocycles. The average molecular weight is 422 g/mol. The first-order chi connectivity index (χ1) is 15.7. The molecule has 0 radical (unpaired) electrons. The highest BCUT2D eigenvalue weighted by Crippen LogP contribution is 2.39. The Morgan fingerprint density at radius 3 is 2.75 bits per heavy atom. The van der Waals surface area contributed by atoms with E-state index in [1.54, 1.807) is 36.5 Å². The highest BCUT2D eigenvalue weighted by atomic mass is 16.3. The topological polar surface area (TPSA) is 107 Å². The first-order valence-corrected chi connectivity index (χ1v) is 10.1. The third-order valence-corrected chi connectivity index (χ3v) is 5.33. The maximum atomic E-state index is 13.1. The van der Waals surface area contributed by atoms with E-state index in [1.807, 2.05) is 36.4 Å². The maximum absolute atomic E-state index is 13.1. The molecule has 2 amide bonds. The SMILES string of the molecule is N#Cc1cccc(NC(=O)N2CCc3c(nn(-c4ccccc4)c3O)-c3cccnc32)c1. The van der Waals surface area contributed by atoms with E-state index in [-0.39, 0.29) is 11.9 Å². The molecule has 1 aliphatic heterocycles. The van der Waals surface area contributed by atoms with E-state index in [9.17, 15) is 9.90 Å². The summed E-state index contributed by atoms with van der Waals surface area (Å²) in [4.78, 5) is 19.1. The number of nitriles is 1. The van der Waals surface area contributed by atoms with Crippen molar-refractivity contribution in [3.8, 4) is 28.9 Å². The number of carbonyl (C=O) groups excluding carboxylic acids is 1. The van der Waals surface area contributed by atoms with Crippen molar-refractivity contribution in [2.24, 2.45) is 0 Å². The first kappa shape index (κ1) is 19.3. The number of nitrogens with one attached hydrogen (secondary N) is 1. The van der Waals surface area contributed by atoms with Gasteiger partial charge in [-0.25, -0.2) is 14.5 Å². The van der Waals surface area contributed by atoms with Crippen LogP contribution in [0.5, 0.6) is 5.88 Å². The molecule has 3 heterocycles. The quantitative estimate of drug-likeness (QED) is 0.506. The number of urea groups is 1. The maximum Gasteiger partial charge on any atom is 0.327 e. The van der Waals surface area contributed by atoms with Crippen LogP contribution in [0.4, 0.5) is 16.3 Å². The van der Waals surface area contributed by atoms with Crippen LogP contribution in [0.25, 0.3) is 16.9 Å². The number of para-hydroxylation sites is 1. The standard InChI is InChI=1S/C24H18N6O2/c25-15-16-6-4-7-17(14-16)27-24(32)29-13-11-20-21(19-10-5-12-26-22(19)29)28-30(23(20)31)18-8-2-1-3-9-18/h1-10,12,14,31H,11,13H2,(H,27,32). The molecule has 2 aromatic heterocycles. The highest BCUT2D eigenvalue weighted by Gasteiger charge is 2.30. The number of amides is 2. The van der Waals surface area contributed by atoms with E-state index in [1.165, 1.54) is 9.58 Å². The molecule has 0 atom stereocenters. The molecular formula is C24H18N6O2. The lowest BCUT2D eigenvalue weighted by molar-refractivity contribution is 0.257. The Morgan fingerprint density at radius 2 is 1.94 bits per heavy atom. The Hall–Kier alpha value is -4.64. The van der Waals surface area contributed by atoms with Crippen LogP contribution in [0.2, 0.25) is 0 Å². The van der Waals surface area contributed by atoms with Crippen molar-refractivity contribution in [2.75, 3.05) is 16.8 Å². The molecule has 156 valence electrons. The zero-order chi connectivity index (χ0) is 22.1. The van der Waals surface area contributed by atoms with Crippen molar-refractivity contribution in [1.82, 2.24) is 14.8 Å². The first-order valence-electron chi connectivity index (χ1n) is 10.1. The highest BCUT2D eigenvalue weighted by molar-refractivity contribution is 6.04. The van der Waals surface area contributed by atoms with E-state index < -0.39 is 0 Å². The molecule has 0 bridgehead atoms. The fourth-order valence-electron chi connectivity index (χ4n) is 3.82. The van der Waals surface area contributed by atoms with Gasteiger partial charge in [0.2, 0.25) is 5.88 Å². The van der Waals surface area contributed by atoms with E-state index in [2.05, 4.69) is 21.5 Å². The van der Waals surface area contributed by atoms with Crippen LogP contribution < -0.4 is 10.2 Å². The van der Waals surface area contributed by atoms with Crippen molar-refractivity contribution in [3.05, 3.63) is 84.1 Å². The second-order valence-corrected chi connectivity index (χ2v) is 7.30. The van der Waals surface area contributed by atoms with Gasteiger partial charge in [0.1, 0.15) is 11.5 Å². The summed E-state index contributed by atoms with van der Waals surface area (Å²) in [7, 11) is 0. The third-order valence-electron chi connectivity index (χ3n) is 5.33. The molecule has 0 unspecified atom stereocenters. The lowest BCUT2D eigenvalue weighted by atomic mass is 10.1. The number of aromatic hydroxyl groups is 1. The van der Waals surface area contributed by atoms with Crippen LogP contribution in [0.1, 0.15) is 11.1 Å². The van der Waals surface area contributed by atoms with E-state index in [0.717, 1.165) is 5.69 Å². The Kier molecular flexibility index (Phi) is 4.76. The van der Waals surface area contributed by atoms with E-state index >= 15 is 0 Å². The number of benzene rings is 2. The van der Waals surface area contributed by atoms with Gasteiger partial charge in [-0.2, -0.15) is 10.4 Å². The summed E-state index contributed by atoms with van der Waals surface area (Å²) in [6, 6.07) is 21.4. The number of hydrogen-bond acceptors (Lipinski definition) is 5. The van der Waals surface area contributed by atoms with Gasteiger partial charge in [0.05, 0.1) is 17.3 Å². The van der Waals surface area contributed by atoms with Gasteiger partial charge in [-0.15, -0.1) is 0 Å². The smallest absolute Gasteiger partial charge is 0.327 e. The van der Waals surface area contributed by atoms with Crippen LogP contribution in [0.15, 0.2) is 72.9 Å². The summed E-state index contributed by atoms with van der Waals surface area (Å²) in [5.74, 6) is 0.503. The summed E-state index contributed by atoms with van der Waals surface area (Å²) in [5.41, 5.74) is 3.63. The van der Waals surface area contributed by atoms with E-state index in [0.29, 0.717) is 46.9 Å². The van der Waals surface area contributed by atoms with Gasteiger partial charge < -0.3 is 10.4 Å². The van der Waals surface area contributed by atoms with Crippen molar-refractivity contribution >= 4 is 17.5 Å². The molecule has 0 saturated heterocycles. The van der Waals surface area contributed by atoms with Crippen LogP contribution in [0, 0.1) is 11.3 Å². The molecule has 0 saturated carbocycles. The monoisotopic (exact) mass is 422 g/mol. The predicted molar refractivity (Wildman–Crippen MR) is 120 cm³/mol. The molecule has 0 fully saturated rings. The number of nitrogens with zero attached hydrogens (tertiary/aromatic N) is 5. The minimum atomic E-state index is -0.374. The normalized spacial score (nSPS) is 12.3. The van der Waals surface area contributed by atoms with Crippen LogP contribution >= 0.6 is 0 Å². The second kappa shape index (κ2) is 7.89. The van der Waals surface area contributed by atoms with Crippen LogP contribution in [-0.2, 0) is 6.42 Å². The Balaban J connectivity index is 1.53. The zero-order valence-electron chi connectivity index (χ0n) is 16.9. The second-order valence-electron chi connectivity index (χ2n) is 7.30. The Labute approximate surface area is 184 Å². The van der Waals surface area contributed by atoms with Crippen LogP contribution in [-0.4, -0.2) is 32.4 Å². The molecule has 2 N–H and O–H groups in total. The number of hydrogen-bond donors (Lipinski definition) is 2. The molecule has 5 rings (SSSR count). The predicted octanol–water partition coefficient (Wildman–Crippen LogP) is 4.11. The van der Waals surface area contributed by atoms with Crippen molar-refractivity contribution < 1.29 is 9.90 Å². The number of fused-ring (bicyclic) bond motifs is 3. The van der Waals surface area contributed by atoms with Crippen LogP contribution in [0.3, 0.4) is 0 Å². The molecule has 4 aromatic rings. The molecule has 0 spiro atoms. The van der Waals surface area contributed by atoms with Gasteiger partial charge in [-0.3, -0.25) is 4.90 Å². The van der Waals surface area contributed by atoms with Gasteiger partial charge in [0, 0.05) is 29.6 Å². The van der Waals surface area contributed by atoms with Crippen molar-refractivity contribution in [3.63, 3.8) is 0 Å². The lowest BCUT2D eigenvalue weighted by Crippen LogP contribution is -2.37. The van der Waals surface area contributed by atoms with Gasteiger partial charge >= 0.3 is 6.03 Å². The molecule has 8 heteroatoms. The molecule has 1 aliphatic rings. The summed E-state index contributed by atoms with van der Waals surface area (Å²) in [6.07, 6.45) is 2.02. The summed E-state index contributed by atoms with van der Waals surface area (Å²) in [6.45, 7) is 0.300. The molecule has 8 nitrogen and oxygen atoms in total. The number of anilines is 2. The number of aromatic nitrogens is 3. The van der Waals surface area contributed by atoms with Gasteiger partial charge in [0.15, 0.2) is 0 Å². The van der Waals surface area contributed by atoms with Gasteiger partial charge in [-0.1, -0.05) is 24.3 Å². The van der Waals surface area contributed by atoms with Crippen molar-refractivity contribution in [1.29, 1.82) is 5.26 Å². The Bertz CT molecular complexity index is 1360. The number of carbonyl (C=O) groups is 1. The fraction of sp³-hybridized carbons (Fsp3) is 0.0833. The summed E-state index contributed by atoms with van der Waals surface area (Å²) < 4.78 is 1.50. The summed E-state index contributed by atoms with van der Waals surface area (Å²) in [5, 5.41) is 27.5. The molecular weight excluding hydrogens is 404 g/mol. The minimum absolute atomic E-state index is 0.0463. The van der Waals surface area contributed by atoms with Gasteiger partial charge in [0.25, 0.3) is 0 Å². The fourth-order valence-corrected chi connectivity index (χ4v) is 3.82. The largest absolute Gasteiger partial charge is 0.493 e. The Morgan fingerprint density at radius 1 is 1.09 bits per heavy atom. The van der Waals surface area contributed by atoms with Gasteiger partial charge in [-0.05, 0) is 48.9 Å². The van der Waals surface area contributed by atoms with Crippen molar-refractivity contribution in [2.45, 2.75) is 6.42 Å².